The lowest BCUT2D eigenvalue weighted by molar-refractivity contribution is -0.139. The van der Waals surface area contributed by atoms with Gasteiger partial charge in [0, 0.05) is 19.0 Å². The van der Waals surface area contributed by atoms with Gasteiger partial charge in [-0.2, -0.15) is 0 Å². The van der Waals surface area contributed by atoms with E-state index in [0.29, 0.717) is 29.7 Å². The van der Waals surface area contributed by atoms with E-state index in [1.165, 1.54) is 13.5 Å². The van der Waals surface area contributed by atoms with E-state index in [4.69, 9.17) is 4.74 Å². The summed E-state index contributed by atoms with van der Waals surface area (Å²) in [4.78, 5) is 38.4. The maximum atomic E-state index is 12.5. The van der Waals surface area contributed by atoms with E-state index in [1.54, 1.807) is 24.3 Å². The fourth-order valence-electron chi connectivity index (χ4n) is 4.18. The fourth-order valence-corrected chi connectivity index (χ4v) is 4.18. The van der Waals surface area contributed by atoms with Crippen molar-refractivity contribution in [1.82, 2.24) is 4.90 Å². The molecule has 3 rings (SSSR count). The number of benzene rings is 1. The van der Waals surface area contributed by atoms with Gasteiger partial charge >= 0.3 is 11.9 Å². The Labute approximate surface area is 159 Å². The summed E-state index contributed by atoms with van der Waals surface area (Å²) in [5, 5.41) is 0. The number of methoxy groups -OCH3 is 1. The molecule has 27 heavy (non-hydrogen) atoms. The van der Waals surface area contributed by atoms with Crippen molar-refractivity contribution in [3.8, 4) is 5.75 Å². The lowest BCUT2D eigenvalue weighted by Gasteiger charge is -2.39. The number of nitrogens with zero attached hydrogens (tertiary/aromatic N) is 1. The van der Waals surface area contributed by atoms with Gasteiger partial charge in [0.15, 0.2) is 0 Å². The van der Waals surface area contributed by atoms with Gasteiger partial charge in [-0.1, -0.05) is 26.7 Å². The van der Waals surface area contributed by atoms with Crippen molar-refractivity contribution in [2.24, 2.45) is 17.8 Å². The third-order valence-corrected chi connectivity index (χ3v) is 6.05. The van der Waals surface area contributed by atoms with E-state index < -0.39 is 17.9 Å². The largest absolute Gasteiger partial charge is 0.465 e. The molecule has 4 atom stereocenters. The first-order valence-electron chi connectivity index (χ1n) is 9.60. The van der Waals surface area contributed by atoms with Gasteiger partial charge in [0.05, 0.1) is 18.6 Å². The molecule has 1 aliphatic heterocycles. The van der Waals surface area contributed by atoms with Gasteiger partial charge < -0.3 is 14.4 Å². The second kappa shape index (κ2) is 8.11. The number of ether oxygens (including phenoxy) is 2. The molecule has 1 heterocycles. The van der Waals surface area contributed by atoms with Crippen LogP contribution >= 0.6 is 0 Å². The number of amides is 1. The monoisotopic (exact) mass is 373 g/mol. The maximum Gasteiger partial charge on any atom is 0.337 e. The van der Waals surface area contributed by atoms with Crippen LogP contribution in [0.25, 0.3) is 0 Å². The van der Waals surface area contributed by atoms with Gasteiger partial charge in [0.25, 0.3) is 0 Å². The lowest BCUT2D eigenvalue weighted by atomic mass is 9.77. The molecule has 2 aliphatic rings. The second-order valence-electron chi connectivity index (χ2n) is 7.72. The summed E-state index contributed by atoms with van der Waals surface area (Å²) >= 11 is 0. The first-order valence-corrected chi connectivity index (χ1v) is 9.60. The number of hydrogen-bond acceptors (Lipinski definition) is 5. The minimum Gasteiger partial charge on any atom is -0.465 e. The molecule has 0 radical (unpaired) electrons. The van der Waals surface area contributed by atoms with Crippen LogP contribution in [0.3, 0.4) is 0 Å². The molecule has 1 amide bonds. The van der Waals surface area contributed by atoms with Crippen molar-refractivity contribution in [2.45, 2.75) is 45.6 Å². The standard InChI is InChI=1S/C21H27NO5/c1-13-5-4-6-18(14(13)2)22-12-16(11-19(22)23)21(25)27-17-9-7-15(8-10-17)20(24)26-3/h7-10,13-14,16,18H,4-6,11-12H2,1-3H3/t13-,14+,16+,18+/m0/s1. The zero-order chi connectivity index (χ0) is 19.6. The molecule has 1 aromatic rings. The normalized spacial score (nSPS) is 28.1. The van der Waals surface area contributed by atoms with Crippen LogP contribution in [-0.4, -0.2) is 42.4 Å². The van der Waals surface area contributed by atoms with E-state index in [9.17, 15) is 14.4 Å². The third kappa shape index (κ3) is 4.15. The molecule has 1 aliphatic carbocycles. The van der Waals surface area contributed by atoms with Crippen LogP contribution in [0.2, 0.25) is 0 Å². The Hall–Kier alpha value is -2.37. The fraction of sp³-hybridized carbons (Fsp3) is 0.571. The quantitative estimate of drug-likeness (QED) is 0.599. The molecule has 1 saturated heterocycles. The Bertz CT molecular complexity index is 714. The first kappa shape index (κ1) is 19.4. The molecular weight excluding hydrogens is 346 g/mol. The summed E-state index contributed by atoms with van der Waals surface area (Å²) in [7, 11) is 1.31. The van der Waals surface area contributed by atoms with Crippen molar-refractivity contribution < 1.29 is 23.9 Å². The Morgan fingerprint density at radius 3 is 2.48 bits per heavy atom. The van der Waals surface area contributed by atoms with Crippen molar-refractivity contribution in [2.75, 3.05) is 13.7 Å². The summed E-state index contributed by atoms with van der Waals surface area (Å²) in [6.45, 7) is 4.87. The highest BCUT2D eigenvalue weighted by Crippen LogP contribution is 2.36. The topological polar surface area (TPSA) is 72.9 Å². The lowest BCUT2D eigenvalue weighted by Crippen LogP contribution is -2.45. The molecule has 0 unspecified atom stereocenters. The SMILES string of the molecule is COC(=O)c1ccc(OC(=O)[C@@H]2CC(=O)N([C@@H]3CCC[C@H](C)[C@H]3C)C2)cc1. The van der Waals surface area contributed by atoms with Crippen LogP contribution in [-0.2, 0) is 14.3 Å². The second-order valence-corrected chi connectivity index (χ2v) is 7.72. The van der Waals surface area contributed by atoms with Gasteiger partial charge in [-0.05, 0) is 42.5 Å². The summed E-state index contributed by atoms with van der Waals surface area (Å²) in [6, 6.07) is 6.43. The van der Waals surface area contributed by atoms with E-state index in [1.807, 2.05) is 4.90 Å². The highest BCUT2D eigenvalue weighted by Gasteiger charge is 2.42. The van der Waals surface area contributed by atoms with Gasteiger partial charge in [-0.25, -0.2) is 4.79 Å². The predicted octanol–water partition coefficient (Wildman–Crippen LogP) is 3.05. The third-order valence-electron chi connectivity index (χ3n) is 6.05. The highest BCUT2D eigenvalue weighted by molar-refractivity contribution is 5.90. The number of rotatable bonds is 4. The number of carbonyl (C=O) groups excluding carboxylic acids is 3. The Morgan fingerprint density at radius 1 is 1.11 bits per heavy atom. The summed E-state index contributed by atoms with van der Waals surface area (Å²) < 4.78 is 10.1. The van der Waals surface area contributed by atoms with E-state index in [2.05, 4.69) is 18.6 Å². The van der Waals surface area contributed by atoms with Crippen LogP contribution in [0.15, 0.2) is 24.3 Å². The average molecular weight is 373 g/mol. The molecule has 0 aromatic heterocycles. The minimum absolute atomic E-state index is 0.0453. The van der Waals surface area contributed by atoms with Gasteiger partial charge in [0.1, 0.15) is 5.75 Å². The van der Waals surface area contributed by atoms with Crippen LogP contribution in [0, 0.1) is 17.8 Å². The molecular formula is C21H27NO5. The Kier molecular flexibility index (Phi) is 5.82. The van der Waals surface area contributed by atoms with Crippen molar-refractivity contribution in [1.29, 1.82) is 0 Å². The predicted molar refractivity (Wildman–Crippen MR) is 99.2 cm³/mol. The number of esters is 2. The van der Waals surface area contributed by atoms with Crippen molar-refractivity contribution in [3.05, 3.63) is 29.8 Å². The first-order chi connectivity index (χ1) is 12.9. The zero-order valence-electron chi connectivity index (χ0n) is 16.1. The van der Waals surface area contributed by atoms with Gasteiger partial charge in [0.2, 0.25) is 5.91 Å². The minimum atomic E-state index is -0.444. The van der Waals surface area contributed by atoms with Crippen LogP contribution < -0.4 is 4.74 Å². The van der Waals surface area contributed by atoms with Crippen LogP contribution in [0.1, 0.15) is 49.9 Å². The molecule has 0 spiro atoms. The van der Waals surface area contributed by atoms with Crippen molar-refractivity contribution >= 4 is 17.8 Å². The van der Waals surface area contributed by atoms with E-state index in [0.717, 1.165) is 12.8 Å². The maximum absolute atomic E-state index is 12.5. The molecule has 146 valence electrons. The summed E-state index contributed by atoms with van der Waals surface area (Å²) in [5.41, 5.74) is 0.389. The van der Waals surface area contributed by atoms with E-state index in [-0.39, 0.29) is 18.4 Å². The smallest absolute Gasteiger partial charge is 0.337 e. The van der Waals surface area contributed by atoms with Gasteiger partial charge in [-0.15, -0.1) is 0 Å². The number of likely N-dealkylation sites (tertiary alicyclic amines) is 1. The molecule has 1 aromatic carbocycles. The van der Waals surface area contributed by atoms with Crippen LogP contribution in [0.5, 0.6) is 5.75 Å². The molecule has 1 saturated carbocycles. The Morgan fingerprint density at radius 2 is 1.81 bits per heavy atom. The highest BCUT2D eigenvalue weighted by atomic mass is 16.5. The summed E-state index contributed by atoms with van der Waals surface area (Å²) in [5.74, 6) is 0.164. The molecule has 0 bridgehead atoms. The number of hydrogen-bond donors (Lipinski definition) is 0. The molecule has 2 fully saturated rings. The average Bonchev–Trinajstić information content (AvgIpc) is 3.05. The van der Waals surface area contributed by atoms with E-state index >= 15 is 0 Å². The van der Waals surface area contributed by atoms with Crippen LogP contribution in [0.4, 0.5) is 0 Å². The zero-order valence-corrected chi connectivity index (χ0v) is 16.1. The number of carbonyl (C=O) groups is 3. The summed E-state index contributed by atoms with van der Waals surface area (Å²) in [6.07, 6.45) is 3.54. The molecule has 0 N–H and O–H groups in total. The Balaban J connectivity index is 1.61. The molecule has 6 nitrogen and oxygen atoms in total. The van der Waals surface area contributed by atoms with Crippen molar-refractivity contribution in [3.63, 3.8) is 0 Å². The molecule has 6 heteroatoms. The van der Waals surface area contributed by atoms with Gasteiger partial charge in [-0.3, -0.25) is 9.59 Å².